The molecule has 0 aliphatic heterocycles. The Morgan fingerprint density at radius 1 is 0.769 bits per heavy atom. The molecule has 0 N–H and O–H groups in total. The highest BCUT2D eigenvalue weighted by atomic mass is 16.5. The average Bonchev–Trinajstić information content (AvgIpc) is 2.64. The van der Waals surface area contributed by atoms with Crippen LogP contribution in [0.25, 0.3) is 0 Å². The van der Waals surface area contributed by atoms with E-state index in [0.29, 0.717) is 23.0 Å². The summed E-state index contributed by atoms with van der Waals surface area (Å²) in [5, 5.41) is 0. The smallest absolute Gasteiger partial charge is 0.343 e. The number of carbonyl (C=O) groups excluding carboxylic acids is 1. The van der Waals surface area contributed by atoms with E-state index >= 15 is 0 Å². The van der Waals surface area contributed by atoms with E-state index < -0.39 is 0 Å². The Hall–Kier alpha value is -3.07. The molecule has 3 rings (SSSR count). The summed E-state index contributed by atoms with van der Waals surface area (Å²) in [6, 6.07) is 24.1. The highest BCUT2D eigenvalue weighted by Crippen LogP contribution is 2.23. The Kier molecular flexibility index (Phi) is 5.69. The minimum atomic E-state index is -0.388. The van der Waals surface area contributed by atoms with Gasteiger partial charge in [0.25, 0.3) is 0 Å². The van der Waals surface area contributed by atoms with Crippen LogP contribution < -0.4 is 9.47 Å². The Morgan fingerprint density at radius 2 is 1.35 bits per heavy atom. The molecule has 0 aromatic heterocycles. The van der Waals surface area contributed by atoms with Gasteiger partial charge < -0.3 is 9.47 Å². The van der Waals surface area contributed by atoms with Gasteiger partial charge in [-0.2, -0.15) is 0 Å². The summed E-state index contributed by atoms with van der Waals surface area (Å²) in [5.41, 5.74) is 1.78. The van der Waals surface area contributed by atoms with Gasteiger partial charge in [0.05, 0.1) is 5.56 Å². The zero-order valence-corrected chi connectivity index (χ0v) is 15.0. The van der Waals surface area contributed by atoms with Crippen LogP contribution in [0.4, 0.5) is 0 Å². The van der Waals surface area contributed by atoms with E-state index in [1.807, 2.05) is 30.3 Å². The molecule has 3 aromatic carbocycles. The zero-order valence-electron chi connectivity index (χ0n) is 15.0. The summed E-state index contributed by atoms with van der Waals surface area (Å²) in [6.07, 6.45) is 1.05. The lowest BCUT2D eigenvalue weighted by Crippen LogP contribution is -2.08. The predicted octanol–water partition coefficient (Wildman–Crippen LogP) is 5.90. The zero-order chi connectivity index (χ0) is 18.4. The van der Waals surface area contributed by atoms with Crippen LogP contribution in [0.3, 0.4) is 0 Å². The van der Waals surface area contributed by atoms with E-state index in [2.05, 4.69) is 26.0 Å². The summed E-state index contributed by atoms with van der Waals surface area (Å²) in [5.74, 6) is 2.22. The standard InChI is InChI=1S/C23H22O3/c1-17(2)16-18-8-12-21(13-9-18)25-22-14-10-19(11-15-22)23(24)26-20-6-4-3-5-7-20/h3-15,17H,16H2,1-2H3. The van der Waals surface area contributed by atoms with Crippen molar-refractivity contribution in [3.05, 3.63) is 90.0 Å². The first-order chi connectivity index (χ1) is 12.6. The van der Waals surface area contributed by atoms with Crippen molar-refractivity contribution in [3.8, 4) is 17.2 Å². The number of hydrogen-bond acceptors (Lipinski definition) is 3. The van der Waals surface area contributed by atoms with Crippen LogP contribution in [0.2, 0.25) is 0 Å². The lowest BCUT2D eigenvalue weighted by molar-refractivity contribution is 0.0735. The monoisotopic (exact) mass is 346 g/mol. The van der Waals surface area contributed by atoms with E-state index in [1.165, 1.54) is 5.56 Å². The largest absolute Gasteiger partial charge is 0.457 e. The molecule has 0 saturated carbocycles. The quantitative estimate of drug-likeness (QED) is 0.412. The van der Waals surface area contributed by atoms with Gasteiger partial charge in [-0.05, 0) is 66.4 Å². The second-order valence-corrected chi connectivity index (χ2v) is 6.57. The minimum absolute atomic E-state index is 0.388. The van der Waals surface area contributed by atoms with E-state index in [9.17, 15) is 4.79 Å². The van der Waals surface area contributed by atoms with Crippen LogP contribution in [-0.4, -0.2) is 5.97 Å². The van der Waals surface area contributed by atoms with Crippen LogP contribution in [0.5, 0.6) is 17.2 Å². The highest BCUT2D eigenvalue weighted by Gasteiger charge is 2.09. The fraction of sp³-hybridized carbons (Fsp3) is 0.174. The molecule has 0 spiro atoms. The summed E-state index contributed by atoms with van der Waals surface area (Å²) >= 11 is 0. The van der Waals surface area contributed by atoms with E-state index in [4.69, 9.17) is 9.47 Å². The normalized spacial score (nSPS) is 10.6. The molecule has 0 radical (unpaired) electrons. The first-order valence-corrected chi connectivity index (χ1v) is 8.74. The Labute approximate surface area is 154 Å². The molecule has 0 aliphatic rings. The molecular formula is C23H22O3. The van der Waals surface area contributed by atoms with Gasteiger partial charge in [0, 0.05) is 0 Å². The van der Waals surface area contributed by atoms with Crippen molar-refractivity contribution in [3.63, 3.8) is 0 Å². The molecule has 0 atom stereocenters. The first kappa shape index (κ1) is 17.7. The van der Waals surface area contributed by atoms with Crippen molar-refractivity contribution in [2.45, 2.75) is 20.3 Å². The van der Waals surface area contributed by atoms with Gasteiger partial charge in [0.1, 0.15) is 17.2 Å². The molecule has 3 aromatic rings. The SMILES string of the molecule is CC(C)Cc1ccc(Oc2ccc(C(=O)Oc3ccccc3)cc2)cc1. The van der Waals surface area contributed by atoms with Crippen LogP contribution in [0, 0.1) is 5.92 Å². The van der Waals surface area contributed by atoms with Gasteiger partial charge in [-0.1, -0.05) is 44.2 Å². The molecule has 0 amide bonds. The molecule has 3 nitrogen and oxygen atoms in total. The molecular weight excluding hydrogens is 324 g/mol. The van der Waals surface area contributed by atoms with Gasteiger partial charge in [0.15, 0.2) is 0 Å². The summed E-state index contributed by atoms with van der Waals surface area (Å²) in [4.78, 5) is 12.1. The highest BCUT2D eigenvalue weighted by molar-refractivity contribution is 5.91. The summed E-state index contributed by atoms with van der Waals surface area (Å²) < 4.78 is 11.2. The molecule has 0 unspecified atom stereocenters. The molecule has 3 heteroatoms. The predicted molar refractivity (Wildman–Crippen MR) is 103 cm³/mol. The number of rotatable bonds is 6. The van der Waals surface area contributed by atoms with Crippen LogP contribution >= 0.6 is 0 Å². The maximum Gasteiger partial charge on any atom is 0.343 e. The fourth-order valence-corrected chi connectivity index (χ4v) is 2.61. The Bertz CT molecular complexity index is 835. The molecule has 0 bridgehead atoms. The minimum Gasteiger partial charge on any atom is -0.457 e. The molecule has 0 heterocycles. The Morgan fingerprint density at radius 3 is 1.92 bits per heavy atom. The van der Waals surface area contributed by atoms with Crippen LogP contribution in [0.1, 0.15) is 29.8 Å². The fourth-order valence-electron chi connectivity index (χ4n) is 2.61. The Balaban J connectivity index is 1.61. The summed E-state index contributed by atoms with van der Waals surface area (Å²) in [7, 11) is 0. The van der Waals surface area contributed by atoms with Crippen molar-refractivity contribution in [2.75, 3.05) is 0 Å². The third-order valence-corrected chi connectivity index (χ3v) is 3.85. The van der Waals surface area contributed by atoms with Gasteiger partial charge >= 0.3 is 5.97 Å². The number of esters is 1. The number of carbonyl (C=O) groups is 1. The maximum atomic E-state index is 12.1. The van der Waals surface area contributed by atoms with Crippen molar-refractivity contribution in [1.29, 1.82) is 0 Å². The third-order valence-electron chi connectivity index (χ3n) is 3.85. The number of ether oxygens (including phenoxy) is 2. The molecule has 0 aliphatic carbocycles. The van der Waals surface area contributed by atoms with Gasteiger partial charge in [-0.25, -0.2) is 4.79 Å². The van der Waals surface area contributed by atoms with Gasteiger partial charge in [-0.15, -0.1) is 0 Å². The molecule has 26 heavy (non-hydrogen) atoms. The van der Waals surface area contributed by atoms with Crippen LogP contribution in [-0.2, 0) is 6.42 Å². The number of hydrogen-bond donors (Lipinski definition) is 0. The summed E-state index contributed by atoms with van der Waals surface area (Å²) in [6.45, 7) is 4.41. The van der Waals surface area contributed by atoms with E-state index in [-0.39, 0.29) is 5.97 Å². The molecule has 132 valence electrons. The van der Waals surface area contributed by atoms with Gasteiger partial charge in [0.2, 0.25) is 0 Å². The van der Waals surface area contributed by atoms with Gasteiger partial charge in [-0.3, -0.25) is 0 Å². The second-order valence-electron chi connectivity index (χ2n) is 6.57. The van der Waals surface area contributed by atoms with Crippen molar-refractivity contribution in [1.82, 2.24) is 0 Å². The topological polar surface area (TPSA) is 35.5 Å². The average molecular weight is 346 g/mol. The lowest BCUT2D eigenvalue weighted by Gasteiger charge is -2.09. The van der Waals surface area contributed by atoms with E-state index in [1.54, 1.807) is 36.4 Å². The third kappa shape index (κ3) is 4.96. The van der Waals surface area contributed by atoms with Crippen molar-refractivity contribution < 1.29 is 14.3 Å². The van der Waals surface area contributed by atoms with E-state index in [0.717, 1.165) is 12.2 Å². The van der Waals surface area contributed by atoms with Crippen molar-refractivity contribution >= 4 is 5.97 Å². The number of benzene rings is 3. The molecule has 0 saturated heterocycles. The van der Waals surface area contributed by atoms with Crippen molar-refractivity contribution in [2.24, 2.45) is 5.92 Å². The maximum absolute atomic E-state index is 12.1. The number of para-hydroxylation sites is 1. The molecule has 0 fully saturated rings. The lowest BCUT2D eigenvalue weighted by atomic mass is 10.0. The second kappa shape index (κ2) is 8.34. The first-order valence-electron chi connectivity index (χ1n) is 8.74. The van der Waals surface area contributed by atoms with Crippen LogP contribution in [0.15, 0.2) is 78.9 Å².